The molecule has 0 amide bonds. The zero-order chi connectivity index (χ0) is 14.0. The van der Waals surface area contributed by atoms with Gasteiger partial charge in [0.25, 0.3) is 0 Å². The van der Waals surface area contributed by atoms with Crippen molar-refractivity contribution in [3.05, 3.63) is 62.3 Å². The molecule has 2 aromatic carbocycles. The molecule has 2 rings (SSSR count). The van der Waals surface area contributed by atoms with Gasteiger partial charge in [-0.25, -0.2) is 4.39 Å². The van der Waals surface area contributed by atoms with Crippen LogP contribution in [0.15, 0.2) is 40.9 Å². The van der Waals surface area contributed by atoms with E-state index in [0.29, 0.717) is 20.2 Å². The van der Waals surface area contributed by atoms with Crippen molar-refractivity contribution in [1.29, 1.82) is 0 Å². The van der Waals surface area contributed by atoms with Crippen LogP contribution in [0.1, 0.15) is 18.5 Å². The number of hydrogen-bond donors (Lipinski definition) is 1. The smallest absolute Gasteiger partial charge is 0.147 e. The van der Waals surface area contributed by atoms with Crippen molar-refractivity contribution in [2.75, 3.05) is 5.32 Å². The zero-order valence-electron chi connectivity index (χ0n) is 10.1. The summed E-state index contributed by atoms with van der Waals surface area (Å²) in [7, 11) is 0. The summed E-state index contributed by atoms with van der Waals surface area (Å²) in [6.45, 7) is 1.90. The van der Waals surface area contributed by atoms with Crippen LogP contribution < -0.4 is 5.32 Å². The Labute approximate surface area is 129 Å². The first-order chi connectivity index (χ1) is 8.97. The quantitative estimate of drug-likeness (QED) is 0.698. The van der Waals surface area contributed by atoms with E-state index in [1.807, 2.05) is 6.92 Å². The molecule has 0 aliphatic heterocycles. The molecule has 0 heterocycles. The molecule has 2 aromatic rings. The van der Waals surface area contributed by atoms with E-state index in [0.717, 1.165) is 5.56 Å². The minimum atomic E-state index is -0.320. The highest BCUT2D eigenvalue weighted by Gasteiger charge is 2.12. The highest BCUT2D eigenvalue weighted by atomic mass is 79.9. The van der Waals surface area contributed by atoms with E-state index in [1.54, 1.807) is 30.3 Å². The molecule has 0 radical (unpaired) electrons. The molecule has 0 bridgehead atoms. The fourth-order valence-corrected chi connectivity index (χ4v) is 2.56. The number of nitrogens with one attached hydrogen (secondary N) is 1. The van der Waals surface area contributed by atoms with Crippen molar-refractivity contribution >= 4 is 44.8 Å². The van der Waals surface area contributed by atoms with Gasteiger partial charge in [-0.15, -0.1) is 0 Å². The summed E-state index contributed by atoms with van der Waals surface area (Å²) in [5.41, 5.74) is 1.25. The second-order valence-electron chi connectivity index (χ2n) is 4.16. The highest BCUT2D eigenvalue weighted by molar-refractivity contribution is 9.10. The van der Waals surface area contributed by atoms with Crippen molar-refractivity contribution < 1.29 is 4.39 Å². The number of anilines is 1. The van der Waals surface area contributed by atoms with Crippen LogP contribution in [0, 0.1) is 5.82 Å². The normalized spacial score (nSPS) is 12.3. The van der Waals surface area contributed by atoms with Gasteiger partial charge in [0, 0.05) is 14.5 Å². The second kappa shape index (κ2) is 6.12. The summed E-state index contributed by atoms with van der Waals surface area (Å²) >= 11 is 15.3. The molecule has 5 heteroatoms. The standard InChI is InChI=1S/C14H11BrCl2FN/c1-8(11-7-10(16)3-4-12(11)17)19-14-5-2-9(15)6-13(14)18/h2-8,19H,1H3. The average Bonchev–Trinajstić information content (AvgIpc) is 2.35. The van der Waals surface area contributed by atoms with Crippen molar-refractivity contribution in [2.24, 2.45) is 0 Å². The minimum Gasteiger partial charge on any atom is -0.376 e. The molecule has 0 saturated carbocycles. The van der Waals surface area contributed by atoms with E-state index in [4.69, 9.17) is 23.2 Å². The molecule has 1 unspecified atom stereocenters. The lowest BCUT2D eigenvalue weighted by molar-refractivity contribution is 0.626. The van der Waals surface area contributed by atoms with Crippen LogP contribution in [0.3, 0.4) is 0 Å². The zero-order valence-corrected chi connectivity index (χ0v) is 13.2. The Bertz CT molecular complexity index is 604. The van der Waals surface area contributed by atoms with Gasteiger partial charge >= 0.3 is 0 Å². The summed E-state index contributed by atoms with van der Waals surface area (Å²) in [4.78, 5) is 0. The maximum absolute atomic E-state index is 13.8. The molecular formula is C14H11BrCl2FN. The van der Waals surface area contributed by atoms with E-state index in [1.165, 1.54) is 6.07 Å². The third-order valence-corrected chi connectivity index (χ3v) is 3.80. The van der Waals surface area contributed by atoms with Gasteiger partial charge in [-0.2, -0.15) is 0 Å². The van der Waals surface area contributed by atoms with Crippen LogP contribution in [-0.4, -0.2) is 0 Å². The number of rotatable bonds is 3. The lowest BCUT2D eigenvalue weighted by Gasteiger charge is -2.18. The molecule has 0 fully saturated rings. The first-order valence-corrected chi connectivity index (χ1v) is 7.19. The lowest BCUT2D eigenvalue weighted by Crippen LogP contribution is -2.08. The van der Waals surface area contributed by atoms with Gasteiger partial charge in [0.05, 0.1) is 11.7 Å². The van der Waals surface area contributed by atoms with Crippen LogP contribution >= 0.6 is 39.1 Å². The van der Waals surface area contributed by atoms with Gasteiger partial charge in [-0.05, 0) is 48.9 Å². The topological polar surface area (TPSA) is 12.0 Å². The van der Waals surface area contributed by atoms with Crippen molar-refractivity contribution in [2.45, 2.75) is 13.0 Å². The maximum atomic E-state index is 13.8. The van der Waals surface area contributed by atoms with Crippen LogP contribution in [0.5, 0.6) is 0 Å². The second-order valence-corrected chi connectivity index (χ2v) is 5.92. The molecule has 0 saturated heterocycles. The van der Waals surface area contributed by atoms with E-state index < -0.39 is 0 Å². The summed E-state index contributed by atoms with van der Waals surface area (Å²) in [5, 5.41) is 4.28. The third kappa shape index (κ3) is 3.62. The fourth-order valence-electron chi connectivity index (χ4n) is 1.76. The number of benzene rings is 2. The van der Waals surface area contributed by atoms with Crippen molar-refractivity contribution in [1.82, 2.24) is 0 Å². The monoisotopic (exact) mass is 361 g/mol. The Morgan fingerprint density at radius 2 is 1.89 bits per heavy atom. The molecule has 0 aromatic heterocycles. The largest absolute Gasteiger partial charge is 0.376 e. The number of halogens is 4. The Hall–Kier alpha value is -0.770. The van der Waals surface area contributed by atoms with Crippen LogP contribution in [0.2, 0.25) is 10.0 Å². The van der Waals surface area contributed by atoms with E-state index >= 15 is 0 Å². The fraction of sp³-hybridized carbons (Fsp3) is 0.143. The maximum Gasteiger partial charge on any atom is 0.147 e. The van der Waals surface area contributed by atoms with Crippen LogP contribution in [0.4, 0.5) is 10.1 Å². The van der Waals surface area contributed by atoms with Crippen molar-refractivity contribution in [3.8, 4) is 0 Å². The first-order valence-electron chi connectivity index (χ1n) is 5.64. The van der Waals surface area contributed by atoms with E-state index in [9.17, 15) is 4.39 Å². The Morgan fingerprint density at radius 1 is 1.16 bits per heavy atom. The van der Waals surface area contributed by atoms with Gasteiger partial charge in [-0.1, -0.05) is 39.1 Å². The SMILES string of the molecule is CC(Nc1ccc(Br)cc1F)c1cc(Cl)ccc1Cl. The minimum absolute atomic E-state index is 0.151. The van der Waals surface area contributed by atoms with Crippen LogP contribution in [-0.2, 0) is 0 Å². The molecule has 0 spiro atoms. The molecular weight excluding hydrogens is 352 g/mol. The first kappa shape index (κ1) is 14.6. The lowest BCUT2D eigenvalue weighted by atomic mass is 10.1. The Kier molecular flexibility index (Phi) is 4.71. The van der Waals surface area contributed by atoms with Gasteiger partial charge in [0.2, 0.25) is 0 Å². The molecule has 0 aliphatic carbocycles. The third-order valence-electron chi connectivity index (χ3n) is 2.73. The predicted octanol–water partition coefficient (Wildman–Crippen LogP) is 6.07. The summed E-state index contributed by atoms with van der Waals surface area (Å²) in [6.07, 6.45) is 0. The molecule has 19 heavy (non-hydrogen) atoms. The number of hydrogen-bond acceptors (Lipinski definition) is 1. The molecule has 0 aliphatic rings. The highest BCUT2D eigenvalue weighted by Crippen LogP contribution is 2.30. The summed E-state index contributed by atoms with van der Waals surface area (Å²) < 4.78 is 14.5. The molecule has 1 atom stereocenters. The van der Waals surface area contributed by atoms with Gasteiger partial charge < -0.3 is 5.32 Å². The predicted molar refractivity (Wildman–Crippen MR) is 82.6 cm³/mol. The Morgan fingerprint density at radius 3 is 2.58 bits per heavy atom. The molecule has 1 nitrogen and oxygen atoms in total. The molecule has 100 valence electrons. The van der Waals surface area contributed by atoms with E-state index in [2.05, 4.69) is 21.2 Å². The summed E-state index contributed by atoms with van der Waals surface area (Å²) in [5.74, 6) is -0.320. The molecule has 1 N–H and O–H groups in total. The van der Waals surface area contributed by atoms with E-state index in [-0.39, 0.29) is 11.9 Å². The van der Waals surface area contributed by atoms with Gasteiger partial charge in [-0.3, -0.25) is 0 Å². The van der Waals surface area contributed by atoms with Gasteiger partial charge in [0.15, 0.2) is 0 Å². The van der Waals surface area contributed by atoms with Crippen LogP contribution in [0.25, 0.3) is 0 Å². The Balaban J connectivity index is 2.25. The van der Waals surface area contributed by atoms with Gasteiger partial charge in [0.1, 0.15) is 5.82 Å². The summed E-state index contributed by atoms with van der Waals surface area (Å²) in [6, 6.07) is 9.94. The average molecular weight is 363 g/mol. The van der Waals surface area contributed by atoms with Crippen molar-refractivity contribution in [3.63, 3.8) is 0 Å².